The Kier molecular flexibility index (Phi) is 5.22. The Morgan fingerprint density at radius 3 is 2.20 bits per heavy atom. The van der Waals surface area contributed by atoms with Gasteiger partial charge in [-0.2, -0.15) is 8.42 Å². The van der Waals surface area contributed by atoms with Gasteiger partial charge in [0.05, 0.1) is 30.9 Å². The van der Waals surface area contributed by atoms with Crippen molar-refractivity contribution in [2.75, 3.05) is 11.4 Å². The van der Waals surface area contributed by atoms with Crippen molar-refractivity contribution in [1.29, 1.82) is 0 Å². The van der Waals surface area contributed by atoms with Crippen molar-refractivity contribution in [3.63, 3.8) is 0 Å². The largest absolute Gasteiger partial charge is 0.497 e. The van der Waals surface area contributed by atoms with Gasteiger partial charge in [0.2, 0.25) is 0 Å². The minimum Gasteiger partial charge on any atom is -0.497 e. The molecule has 0 saturated carbocycles. The zero-order valence-electron chi connectivity index (χ0n) is 16.7. The van der Waals surface area contributed by atoms with Crippen LogP contribution in [-0.4, -0.2) is 25.7 Å². The van der Waals surface area contributed by atoms with E-state index in [2.05, 4.69) is 0 Å². The maximum atomic E-state index is 13.6. The molecule has 7 heteroatoms. The third-order valence-electron chi connectivity index (χ3n) is 5.24. The molecule has 0 N–H and O–H groups in total. The molecule has 154 valence electrons. The Labute approximate surface area is 176 Å². The molecule has 1 atom stereocenters. The molecule has 1 unspecified atom stereocenters. The molecule has 6 nitrogen and oxygen atoms in total. The second-order valence-electron chi connectivity index (χ2n) is 7.07. The fourth-order valence-corrected chi connectivity index (χ4v) is 5.41. The number of para-hydroxylation sites is 1. The summed E-state index contributed by atoms with van der Waals surface area (Å²) in [7, 11) is -2.52. The molecule has 0 fully saturated rings. The number of hydrogen-bond acceptors (Lipinski definition) is 4. The van der Waals surface area contributed by atoms with Crippen LogP contribution in [0.15, 0.2) is 78.9 Å². The van der Waals surface area contributed by atoms with E-state index < -0.39 is 22.2 Å². The van der Waals surface area contributed by atoms with E-state index in [1.807, 2.05) is 37.3 Å². The van der Waals surface area contributed by atoms with Crippen molar-refractivity contribution in [3.05, 3.63) is 95.6 Å². The van der Waals surface area contributed by atoms with Gasteiger partial charge in [-0.15, -0.1) is 0 Å². The highest BCUT2D eigenvalue weighted by Crippen LogP contribution is 2.39. The van der Waals surface area contributed by atoms with Crippen LogP contribution >= 0.6 is 0 Å². The van der Waals surface area contributed by atoms with Crippen LogP contribution in [0.5, 0.6) is 5.75 Å². The lowest BCUT2D eigenvalue weighted by Gasteiger charge is -2.40. The van der Waals surface area contributed by atoms with E-state index >= 15 is 0 Å². The Hall–Kier alpha value is -3.32. The van der Waals surface area contributed by atoms with Crippen LogP contribution in [0.4, 0.5) is 5.69 Å². The summed E-state index contributed by atoms with van der Waals surface area (Å²) in [6, 6.07) is 22.7. The van der Waals surface area contributed by atoms with E-state index in [1.165, 1.54) is 4.31 Å². The highest BCUT2D eigenvalue weighted by molar-refractivity contribution is 7.91. The first-order valence-corrected chi connectivity index (χ1v) is 11.0. The number of nitrogens with zero attached hydrogens (tertiary/aromatic N) is 2. The number of ether oxygens (including phenoxy) is 1. The third-order valence-corrected chi connectivity index (χ3v) is 7.11. The Bertz CT molecular complexity index is 1160. The molecule has 30 heavy (non-hydrogen) atoms. The van der Waals surface area contributed by atoms with E-state index in [9.17, 15) is 13.2 Å². The highest BCUT2D eigenvalue weighted by Gasteiger charge is 2.43. The molecule has 0 aliphatic carbocycles. The van der Waals surface area contributed by atoms with Crippen molar-refractivity contribution >= 4 is 21.8 Å². The molecule has 1 amide bonds. The summed E-state index contributed by atoms with van der Waals surface area (Å²) >= 11 is 0. The Balaban J connectivity index is 1.81. The van der Waals surface area contributed by atoms with Crippen molar-refractivity contribution in [2.24, 2.45) is 0 Å². The minimum atomic E-state index is -4.10. The molecule has 0 aromatic heterocycles. The number of carbonyl (C=O) groups is 1. The number of fused-ring (bicyclic) bond motifs is 1. The summed E-state index contributed by atoms with van der Waals surface area (Å²) in [6.07, 6.45) is 0. The second kappa shape index (κ2) is 7.84. The monoisotopic (exact) mass is 422 g/mol. The molecule has 3 aromatic carbocycles. The normalized spacial score (nSPS) is 16.1. The van der Waals surface area contributed by atoms with Gasteiger partial charge in [-0.1, -0.05) is 54.6 Å². The van der Waals surface area contributed by atoms with Crippen LogP contribution in [0.25, 0.3) is 0 Å². The average Bonchev–Trinajstić information content (AvgIpc) is 2.77. The van der Waals surface area contributed by atoms with Crippen LogP contribution < -0.4 is 9.04 Å². The SMILES string of the molecule is COc1ccc(C(C)N2c3ccccc3C(=O)N(Cc3ccccc3)S2(=O)=O)cc1. The number of carbonyl (C=O) groups excluding carboxylic acids is 1. The van der Waals surface area contributed by atoms with Crippen molar-refractivity contribution < 1.29 is 17.9 Å². The molecule has 0 bridgehead atoms. The lowest BCUT2D eigenvalue weighted by atomic mass is 10.1. The van der Waals surface area contributed by atoms with Crippen LogP contribution in [0.3, 0.4) is 0 Å². The number of amides is 1. The average molecular weight is 423 g/mol. The van der Waals surface area contributed by atoms with E-state index in [1.54, 1.807) is 55.6 Å². The molecular weight excluding hydrogens is 400 g/mol. The van der Waals surface area contributed by atoms with Gasteiger partial charge in [0.15, 0.2) is 0 Å². The molecular formula is C23H22N2O4S. The summed E-state index contributed by atoms with van der Waals surface area (Å²) in [5, 5.41) is 0. The van der Waals surface area contributed by atoms with E-state index in [0.29, 0.717) is 17.0 Å². The van der Waals surface area contributed by atoms with Crippen LogP contribution in [-0.2, 0) is 16.8 Å². The van der Waals surface area contributed by atoms with Gasteiger partial charge >= 0.3 is 10.2 Å². The van der Waals surface area contributed by atoms with Gasteiger partial charge in [0, 0.05) is 0 Å². The molecule has 0 spiro atoms. The van der Waals surface area contributed by atoms with Crippen LogP contribution in [0, 0.1) is 0 Å². The summed E-state index contributed by atoms with van der Waals surface area (Å²) in [5.41, 5.74) is 2.28. The Morgan fingerprint density at radius 2 is 1.53 bits per heavy atom. The van der Waals surface area contributed by atoms with Gasteiger partial charge in [0.1, 0.15) is 5.75 Å². The first-order valence-electron chi connectivity index (χ1n) is 9.57. The lowest BCUT2D eigenvalue weighted by Crippen LogP contribution is -2.51. The first kappa shape index (κ1) is 20.0. The number of anilines is 1. The van der Waals surface area contributed by atoms with Crippen LogP contribution in [0.2, 0.25) is 0 Å². The quantitative estimate of drug-likeness (QED) is 0.619. The Morgan fingerprint density at radius 1 is 0.900 bits per heavy atom. The van der Waals surface area contributed by atoms with Gasteiger partial charge in [-0.3, -0.25) is 4.79 Å². The predicted molar refractivity (Wildman–Crippen MR) is 116 cm³/mol. The van der Waals surface area contributed by atoms with Gasteiger partial charge in [-0.05, 0) is 42.3 Å². The molecule has 4 rings (SSSR count). The maximum absolute atomic E-state index is 13.6. The second-order valence-corrected chi connectivity index (χ2v) is 8.80. The molecule has 1 aliphatic heterocycles. The lowest BCUT2D eigenvalue weighted by molar-refractivity contribution is 0.0850. The smallest absolute Gasteiger partial charge is 0.329 e. The van der Waals surface area contributed by atoms with E-state index in [-0.39, 0.29) is 6.54 Å². The summed E-state index contributed by atoms with van der Waals surface area (Å²) in [6.45, 7) is 1.79. The number of benzene rings is 3. The number of rotatable bonds is 5. The predicted octanol–water partition coefficient (Wildman–Crippen LogP) is 4.16. The van der Waals surface area contributed by atoms with E-state index in [0.717, 1.165) is 15.4 Å². The van der Waals surface area contributed by atoms with Gasteiger partial charge in [0.25, 0.3) is 5.91 Å². The van der Waals surface area contributed by atoms with Crippen LogP contribution in [0.1, 0.15) is 34.5 Å². The van der Waals surface area contributed by atoms with Gasteiger partial charge < -0.3 is 4.74 Å². The van der Waals surface area contributed by atoms with Crippen molar-refractivity contribution in [1.82, 2.24) is 4.31 Å². The maximum Gasteiger partial charge on any atom is 0.329 e. The number of hydrogen-bond donors (Lipinski definition) is 0. The molecule has 0 radical (unpaired) electrons. The molecule has 1 heterocycles. The summed E-state index contributed by atoms with van der Waals surface area (Å²) in [4.78, 5) is 13.1. The first-order chi connectivity index (χ1) is 14.4. The zero-order chi connectivity index (χ0) is 21.3. The number of methoxy groups -OCH3 is 1. The summed E-state index contributed by atoms with van der Waals surface area (Å²) < 4.78 is 34.8. The summed E-state index contributed by atoms with van der Waals surface area (Å²) in [5.74, 6) is 0.168. The fourth-order valence-electron chi connectivity index (χ4n) is 3.65. The molecule has 0 saturated heterocycles. The molecule has 3 aromatic rings. The zero-order valence-corrected chi connectivity index (χ0v) is 17.5. The minimum absolute atomic E-state index is 0.0256. The standard InChI is InChI=1S/C23H22N2O4S/c1-17(19-12-14-20(29-2)15-13-19)25-22-11-7-6-10-21(22)23(26)24(30(25,27)28)16-18-8-4-3-5-9-18/h3-15,17H,16H2,1-2H3. The highest BCUT2D eigenvalue weighted by atomic mass is 32.2. The fraction of sp³-hybridized carbons (Fsp3) is 0.174. The van der Waals surface area contributed by atoms with Gasteiger partial charge in [-0.25, -0.2) is 8.61 Å². The molecule has 1 aliphatic rings. The third kappa shape index (κ3) is 3.41. The topological polar surface area (TPSA) is 66.9 Å². The van der Waals surface area contributed by atoms with E-state index in [4.69, 9.17) is 4.74 Å². The van der Waals surface area contributed by atoms with Crippen molar-refractivity contribution in [3.8, 4) is 5.75 Å². The van der Waals surface area contributed by atoms with Crippen molar-refractivity contribution in [2.45, 2.75) is 19.5 Å².